The number of hydrogen-bond acceptors (Lipinski definition) is 4. The van der Waals surface area contributed by atoms with Gasteiger partial charge >= 0.3 is 0 Å². The molecule has 21 heavy (non-hydrogen) atoms. The zero-order valence-corrected chi connectivity index (χ0v) is 12.3. The maximum atomic E-state index is 10.6. The summed E-state index contributed by atoms with van der Waals surface area (Å²) in [6.07, 6.45) is 4.37. The van der Waals surface area contributed by atoms with Crippen LogP contribution in [0.2, 0.25) is 0 Å². The standard InChI is InChI=1S/C15H20N4O2/c1-11(2)15(16)14-9-17-10-18(14)8-7-12-3-5-13(6-4-12)19(20)21/h3-6,9-11,15H,7-8,16H2,1-2H3. The molecule has 6 nitrogen and oxygen atoms in total. The van der Waals surface area contributed by atoms with E-state index in [0.717, 1.165) is 24.2 Å². The Bertz CT molecular complexity index is 604. The number of nitrogens with zero attached hydrogens (tertiary/aromatic N) is 3. The summed E-state index contributed by atoms with van der Waals surface area (Å²) < 4.78 is 2.05. The van der Waals surface area contributed by atoms with Crippen molar-refractivity contribution < 1.29 is 4.92 Å². The molecule has 6 heteroatoms. The first kappa shape index (κ1) is 15.2. The van der Waals surface area contributed by atoms with Gasteiger partial charge in [0, 0.05) is 30.9 Å². The summed E-state index contributed by atoms with van der Waals surface area (Å²) >= 11 is 0. The molecule has 0 saturated carbocycles. The molecule has 0 spiro atoms. The van der Waals surface area contributed by atoms with Crippen LogP contribution in [0.1, 0.15) is 31.1 Å². The van der Waals surface area contributed by atoms with Crippen molar-refractivity contribution in [3.05, 3.63) is 58.2 Å². The van der Waals surface area contributed by atoms with Crippen LogP contribution in [0.3, 0.4) is 0 Å². The fourth-order valence-corrected chi connectivity index (χ4v) is 2.17. The van der Waals surface area contributed by atoms with E-state index >= 15 is 0 Å². The Balaban J connectivity index is 2.03. The summed E-state index contributed by atoms with van der Waals surface area (Å²) in [7, 11) is 0. The summed E-state index contributed by atoms with van der Waals surface area (Å²) in [4.78, 5) is 14.4. The first-order valence-electron chi connectivity index (χ1n) is 6.98. The molecule has 2 N–H and O–H groups in total. The third-order valence-corrected chi connectivity index (χ3v) is 3.59. The Morgan fingerprint density at radius 1 is 1.33 bits per heavy atom. The lowest BCUT2D eigenvalue weighted by atomic mass is 10.0. The Kier molecular flexibility index (Phi) is 4.70. The Morgan fingerprint density at radius 3 is 2.57 bits per heavy atom. The van der Waals surface area contributed by atoms with Crippen LogP contribution in [-0.2, 0) is 13.0 Å². The number of benzene rings is 1. The molecule has 2 aromatic rings. The minimum atomic E-state index is -0.389. The van der Waals surface area contributed by atoms with Gasteiger partial charge in [0.1, 0.15) is 0 Å². The fraction of sp³-hybridized carbons (Fsp3) is 0.400. The number of nitrogens with two attached hydrogens (primary N) is 1. The van der Waals surface area contributed by atoms with Crippen LogP contribution in [0.4, 0.5) is 5.69 Å². The van der Waals surface area contributed by atoms with Crippen molar-refractivity contribution in [2.75, 3.05) is 0 Å². The molecule has 112 valence electrons. The molecule has 0 radical (unpaired) electrons. The second kappa shape index (κ2) is 6.49. The molecule has 0 saturated heterocycles. The smallest absolute Gasteiger partial charge is 0.269 e. The summed E-state index contributed by atoms with van der Waals surface area (Å²) in [6.45, 7) is 4.92. The third-order valence-electron chi connectivity index (χ3n) is 3.59. The molecule has 1 unspecified atom stereocenters. The molecule has 1 atom stereocenters. The minimum absolute atomic E-state index is 0.0376. The fourth-order valence-electron chi connectivity index (χ4n) is 2.17. The Labute approximate surface area is 123 Å². The number of nitro groups is 1. The van der Waals surface area contributed by atoms with Gasteiger partial charge in [-0.25, -0.2) is 4.98 Å². The highest BCUT2D eigenvalue weighted by molar-refractivity contribution is 5.32. The van der Waals surface area contributed by atoms with Gasteiger partial charge in [-0.2, -0.15) is 0 Å². The molecule has 0 fully saturated rings. The van der Waals surface area contributed by atoms with E-state index < -0.39 is 0 Å². The molecule has 0 aliphatic carbocycles. The van der Waals surface area contributed by atoms with Crippen LogP contribution in [0.25, 0.3) is 0 Å². The van der Waals surface area contributed by atoms with Crippen LogP contribution in [0.15, 0.2) is 36.8 Å². The number of aromatic nitrogens is 2. The van der Waals surface area contributed by atoms with E-state index in [9.17, 15) is 10.1 Å². The molecular weight excluding hydrogens is 268 g/mol. The summed E-state index contributed by atoms with van der Waals surface area (Å²) in [5, 5.41) is 10.6. The van der Waals surface area contributed by atoms with Crippen LogP contribution < -0.4 is 5.73 Å². The largest absolute Gasteiger partial charge is 0.333 e. The number of hydrogen-bond donors (Lipinski definition) is 1. The van der Waals surface area contributed by atoms with E-state index in [2.05, 4.69) is 18.8 Å². The first-order chi connectivity index (χ1) is 9.99. The number of non-ortho nitro benzene ring substituents is 1. The normalized spacial score (nSPS) is 12.6. The molecule has 1 aromatic carbocycles. The second-order valence-electron chi connectivity index (χ2n) is 5.46. The highest BCUT2D eigenvalue weighted by Crippen LogP contribution is 2.19. The molecule has 1 heterocycles. The monoisotopic (exact) mass is 288 g/mol. The Hall–Kier alpha value is -2.21. The van der Waals surface area contributed by atoms with E-state index in [0.29, 0.717) is 5.92 Å². The topological polar surface area (TPSA) is 87.0 Å². The molecule has 0 bridgehead atoms. The van der Waals surface area contributed by atoms with Gasteiger partial charge in [-0.3, -0.25) is 10.1 Å². The van der Waals surface area contributed by atoms with Crippen LogP contribution in [0, 0.1) is 16.0 Å². The maximum absolute atomic E-state index is 10.6. The van der Waals surface area contributed by atoms with Crippen molar-refractivity contribution in [1.29, 1.82) is 0 Å². The van der Waals surface area contributed by atoms with Crippen LogP contribution in [-0.4, -0.2) is 14.5 Å². The predicted molar refractivity (Wildman–Crippen MR) is 80.8 cm³/mol. The van der Waals surface area contributed by atoms with Gasteiger partial charge in [0.05, 0.1) is 16.9 Å². The van der Waals surface area contributed by atoms with E-state index in [-0.39, 0.29) is 16.7 Å². The van der Waals surface area contributed by atoms with Crippen LogP contribution in [0.5, 0.6) is 0 Å². The van der Waals surface area contributed by atoms with Gasteiger partial charge in [0.25, 0.3) is 5.69 Å². The van der Waals surface area contributed by atoms with Crippen molar-refractivity contribution in [3.63, 3.8) is 0 Å². The third kappa shape index (κ3) is 3.66. The van der Waals surface area contributed by atoms with Crippen molar-refractivity contribution >= 4 is 5.69 Å². The lowest BCUT2D eigenvalue weighted by Crippen LogP contribution is -2.20. The average Bonchev–Trinajstić information content (AvgIpc) is 2.92. The van der Waals surface area contributed by atoms with Gasteiger partial charge in [-0.1, -0.05) is 26.0 Å². The van der Waals surface area contributed by atoms with E-state index in [1.807, 2.05) is 4.57 Å². The van der Waals surface area contributed by atoms with E-state index in [1.165, 1.54) is 12.1 Å². The maximum Gasteiger partial charge on any atom is 0.269 e. The molecule has 0 aliphatic rings. The molecular formula is C15H20N4O2. The zero-order valence-electron chi connectivity index (χ0n) is 12.3. The van der Waals surface area contributed by atoms with Crippen molar-refractivity contribution in [1.82, 2.24) is 9.55 Å². The second-order valence-corrected chi connectivity index (χ2v) is 5.46. The first-order valence-corrected chi connectivity index (χ1v) is 6.98. The molecule has 1 aromatic heterocycles. The number of aryl methyl sites for hydroxylation is 2. The van der Waals surface area contributed by atoms with E-state index in [4.69, 9.17) is 5.73 Å². The lowest BCUT2D eigenvalue weighted by Gasteiger charge is -2.17. The quantitative estimate of drug-likeness (QED) is 0.654. The van der Waals surface area contributed by atoms with Gasteiger partial charge in [-0.15, -0.1) is 0 Å². The molecule has 2 rings (SSSR count). The Morgan fingerprint density at radius 2 is 2.00 bits per heavy atom. The van der Waals surface area contributed by atoms with E-state index in [1.54, 1.807) is 24.7 Å². The van der Waals surface area contributed by atoms with Gasteiger partial charge in [0.15, 0.2) is 0 Å². The summed E-state index contributed by atoms with van der Waals surface area (Å²) in [5.41, 5.74) is 8.36. The van der Waals surface area contributed by atoms with Crippen molar-refractivity contribution in [3.8, 4) is 0 Å². The minimum Gasteiger partial charge on any atom is -0.333 e. The number of rotatable bonds is 6. The highest BCUT2D eigenvalue weighted by atomic mass is 16.6. The lowest BCUT2D eigenvalue weighted by molar-refractivity contribution is -0.384. The van der Waals surface area contributed by atoms with Crippen LogP contribution >= 0.6 is 0 Å². The predicted octanol–water partition coefficient (Wildman–Crippen LogP) is 2.69. The summed E-state index contributed by atoms with van der Waals surface area (Å²) in [5.74, 6) is 0.347. The average molecular weight is 288 g/mol. The highest BCUT2D eigenvalue weighted by Gasteiger charge is 2.15. The number of nitro benzene ring substituents is 1. The summed E-state index contributed by atoms with van der Waals surface area (Å²) in [6, 6.07) is 6.60. The van der Waals surface area contributed by atoms with Gasteiger partial charge in [0.2, 0.25) is 0 Å². The SMILES string of the molecule is CC(C)C(N)c1cncn1CCc1ccc([N+](=O)[O-])cc1. The molecule has 0 amide bonds. The zero-order chi connectivity index (χ0) is 15.4. The van der Waals surface area contributed by atoms with Crippen molar-refractivity contribution in [2.24, 2.45) is 11.7 Å². The van der Waals surface area contributed by atoms with Gasteiger partial charge < -0.3 is 10.3 Å². The molecule has 0 aliphatic heterocycles. The van der Waals surface area contributed by atoms with Gasteiger partial charge in [-0.05, 0) is 17.9 Å². The number of imidazole rings is 1. The van der Waals surface area contributed by atoms with Crippen molar-refractivity contribution in [2.45, 2.75) is 32.9 Å².